The molecule has 4 rings (SSSR count). The third-order valence-corrected chi connectivity index (χ3v) is 5.79. The molecular weight excluding hydrogens is 224 g/mol. The smallest absolute Gasteiger partial charge is 0.150 e. The number of piperidine rings is 4. The molecule has 4 aliphatic rings. The van der Waals surface area contributed by atoms with Gasteiger partial charge in [-0.05, 0) is 50.6 Å². The van der Waals surface area contributed by atoms with E-state index >= 15 is 0 Å². The molecule has 0 unspecified atom stereocenters. The quantitative estimate of drug-likeness (QED) is 0.649. The zero-order valence-electron chi connectivity index (χ0n) is 11.2. The molecule has 4 aliphatic heterocycles. The van der Waals surface area contributed by atoms with Gasteiger partial charge in [-0.15, -0.1) is 0 Å². The van der Waals surface area contributed by atoms with Gasteiger partial charge in [0.2, 0.25) is 0 Å². The second-order valence-electron chi connectivity index (χ2n) is 6.82. The Balaban J connectivity index is 1.60. The molecule has 3 nitrogen and oxygen atoms in total. The normalized spacial score (nSPS) is 45.4. The molecule has 0 aromatic carbocycles. The molecular formula is C15H24N2O. The molecule has 100 valence electrons. The van der Waals surface area contributed by atoms with E-state index in [1.165, 1.54) is 51.9 Å². The lowest BCUT2D eigenvalue weighted by atomic mass is 9.70. The van der Waals surface area contributed by atoms with Crippen molar-refractivity contribution in [1.82, 2.24) is 9.80 Å². The standard InChI is InChI=1S/C15H24N2O/c18-14-5-3-7-17-9-11-8-12(15(14)17)10-16-6-2-1-4-13(11)16/h11-13,15H,1-10H2/t11-,12-,13+,15+/m0/s1. The maximum atomic E-state index is 12.2. The summed E-state index contributed by atoms with van der Waals surface area (Å²) >= 11 is 0. The van der Waals surface area contributed by atoms with Gasteiger partial charge < -0.3 is 0 Å². The highest BCUT2D eigenvalue weighted by atomic mass is 16.1. The molecule has 0 N–H and O–H groups in total. The Morgan fingerprint density at radius 2 is 1.78 bits per heavy atom. The minimum Gasteiger partial charge on any atom is -0.300 e. The Morgan fingerprint density at radius 1 is 0.944 bits per heavy atom. The fraction of sp³-hybridized carbons (Fsp3) is 0.933. The van der Waals surface area contributed by atoms with Crippen molar-refractivity contribution in [2.75, 3.05) is 26.2 Å². The van der Waals surface area contributed by atoms with E-state index in [0.29, 0.717) is 11.7 Å². The molecule has 0 radical (unpaired) electrons. The first-order chi connectivity index (χ1) is 8.83. The number of Topliss-reactive ketones (excluding diaryl/α,β-unsaturated/α-hetero) is 1. The predicted octanol–water partition coefficient (Wildman–Crippen LogP) is 1.52. The van der Waals surface area contributed by atoms with Crippen molar-refractivity contribution in [3.8, 4) is 0 Å². The summed E-state index contributed by atoms with van der Waals surface area (Å²) in [5, 5.41) is 0. The number of hydrogen-bond acceptors (Lipinski definition) is 3. The summed E-state index contributed by atoms with van der Waals surface area (Å²) in [4.78, 5) is 17.5. The largest absolute Gasteiger partial charge is 0.300 e. The van der Waals surface area contributed by atoms with E-state index in [-0.39, 0.29) is 6.04 Å². The van der Waals surface area contributed by atoms with Crippen LogP contribution >= 0.6 is 0 Å². The summed E-state index contributed by atoms with van der Waals surface area (Å²) in [5.41, 5.74) is 0. The average molecular weight is 248 g/mol. The highest BCUT2D eigenvalue weighted by Crippen LogP contribution is 2.41. The van der Waals surface area contributed by atoms with Gasteiger partial charge in [0.15, 0.2) is 0 Å². The fourth-order valence-electron chi connectivity index (χ4n) is 5.14. The number of nitrogens with zero attached hydrogens (tertiary/aromatic N) is 2. The van der Waals surface area contributed by atoms with Crippen LogP contribution in [0.2, 0.25) is 0 Å². The van der Waals surface area contributed by atoms with E-state index < -0.39 is 0 Å². The van der Waals surface area contributed by atoms with E-state index in [0.717, 1.165) is 24.8 Å². The van der Waals surface area contributed by atoms with E-state index in [2.05, 4.69) is 9.80 Å². The molecule has 3 heteroatoms. The third kappa shape index (κ3) is 1.67. The van der Waals surface area contributed by atoms with Gasteiger partial charge in [-0.2, -0.15) is 0 Å². The van der Waals surface area contributed by atoms with Crippen molar-refractivity contribution in [3.05, 3.63) is 0 Å². The molecule has 4 fully saturated rings. The predicted molar refractivity (Wildman–Crippen MR) is 70.4 cm³/mol. The van der Waals surface area contributed by atoms with Gasteiger partial charge in [-0.25, -0.2) is 0 Å². The second kappa shape index (κ2) is 4.31. The fourth-order valence-corrected chi connectivity index (χ4v) is 5.14. The maximum absolute atomic E-state index is 12.2. The lowest BCUT2D eigenvalue weighted by Crippen LogP contribution is -2.65. The zero-order valence-corrected chi connectivity index (χ0v) is 11.2. The Morgan fingerprint density at radius 3 is 2.72 bits per heavy atom. The van der Waals surface area contributed by atoms with Crippen molar-refractivity contribution in [2.45, 2.75) is 50.6 Å². The first kappa shape index (κ1) is 11.4. The number of carbonyl (C=O) groups excluding carboxylic acids is 1. The highest BCUT2D eigenvalue weighted by Gasteiger charge is 2.48. The van der Waals surface area contributed by atoms with Gasteiger partial charge in [0, 0.05) is 25.6 Å². The summed E-state index contributed by atoms with van der Waals surface area (Å²) in [6.07, 6.45) is 7.47. The molecule has 0 aromatic rings. The minimum absolute atomic E-state index is 0.290. The first-order valence-corrected chi connectivity index (χ1v) is 7.84. The number of ketones is 1. The lowest BCUT2D eigenvalue weighted by molar-refractivity contribution is -0.139. The number of rotatable bonds is 0. The first-order valence-electron chi connectivity index (χ1n) is 7.84. The molecule has 2 bridgehead atoms. The zero-order chi connectivity index (χ0) is 12.1. The van der Waals surface area contributed by atoms with Crippen molar-refractivity contribution in [1.29, 1.82) is 0 Å². The van der Waals surface area contributed by atoms with Gasteiger partial charge in [0.25, 0.3) is 0 Å². The van der Waals surface area contributed by atoms with Crippen LogP contribution in [0.25, 0.3) is 0 Å². The van der Waals surface area contributed by atoms with Crippen LogP contribution in [0.15, 0.2) is 0 Å². The minimum atomic E-state index is 0.290. The maximum Gasteiger partial charge on any atom is 0.150 e. The van der Waals surface area contributed by atoms with Crippen LogP contribution in [0.4, 0.5) is 0 Å². The van der Waals surface area contributed by atoms with E-state index in [1.54, 1.807) is 0 Å². The summed E-state index contributed by atoms with van der Waals surface area (Å²) in [7, 11) is 0. The Labute approximate surface area is 110 Å². The molecule has 0 aromatic heterocycles. The molecule has 4 saturated heterocycles. The van der Waals surface area contributed by atoms with E-state index in [4.69, 9.17) is 0 Å². The SMILES string of the molecule is O=C1CCCN2C[C@@H]3C[C@@H](CN4CCCC[C@H]34)[C@H]12. The molecule has 0 amide bonds. The van der Waals surface area contributed by atoms with Crippen LogP contribution in [0, 0.1) is 11.8 Å². The van der Waals surface area contributed by atoms with Gasteiger partial charge in [-0.3, -0.25) is 14.6 Å². The van der Waals surface area contributed by atoms with Crippen molar-refractivity contribution < 1.29 is 4.79 Å². The summed E-state index contributed by atoms with van der Waals surface area (Å²) in [6.45, 7) is 4.87. The van der Waals surface area contributed by atoms with Gasteiger partial charge >= 0.3 is 0 Å². The second-order valence-corrected chi connectivity index (χ2v) is 6.82. The van der Waals surface area contributed by atoms with Crippen LogP contribution in [-0.4, -0.2) is 53.8 Å². The molecule has 4 atom stereocenters. The van der Waals surface area contributed by atoms with Crippen molar-refractivity contribution in [2.24, 2.45) is 11.8 Å². The number of hydrogen-bond donors (Lipinski definition) is 0. The van der Waals surface area contributed by atoms with Crippen LogP contribution < -0.4 is 0 Å². The molecule has 0 saturated carbocycles. The van der Waals surface area contributed by atoms with Crippen molar-refractivity contribution >= 4 is 5.78 Å². The Kier molecular flexibility index (Phi) is 2.73. The summed E-state index contributed by atoms with van der Waals surface area (Å²) in [6, 6.07) is 1.13. The number of fused-ring (bicyclic) bond motifs is 6. The average Bonchev–Trinajstić information content (AvgIpc) is 2.39. The summed E-state index contributed by atoms with van der Waals surface area (Å²) in [5.74, 6) is 2.04. The van der Waals surface area contributed by atoms with Crippen LogP contribution in [0.1, 0.15) is 38.5 Å². The van der Waals surface area contributed by atoms with Crippen LogP contribution in [0.3, 0.4) is 0 Å². The highest BCUT2D eigenvalue weighted by molar-refractivity contribution is 5.85. The molecule has 4 heterocycles. The van der Waals surface area contributed by atoms with Gasteiger partial charge in [-0.1, -0.05) is 6.42 Å². The van der Waals surface area contributed by atoms with Gasteiger partial charge in [0.1, 0.15) is 5.78 Å². The monoisotopic (exact) mass is 248 g/mol. The van der Waals surface area contributed by atoms with E-state index in [1.807, 2.05) is 0 Å². The Hall–Kier alpha value is -0.410. The molecule has 0 aliphatic carbocycles. The van der Waals surface area contributed by atoms with Gasteiger partial charge in [0.05, 0.1) is 6.04 Å². The topological polar surface area (TPSA) is 23.6 Å². The number of carbonyl (C=O) groups is 1. The van der Waals surface area contributed by atoms with Crippen molar-refractivity contribution in [3.63, 3.8) is 0 Å². The summed E-state index contributed by atoms with van der Waals surface area (Å²) < 4.78 is 0. The lowest BCUT2D eigenvalue weighted by Gasteiger charge is -2.56. The molecule has 0 spiro atoms. The Bertz CT molecular complexity index is 356. The third-order valence-electron chi connectivity index (χ3n) is 5.79. The van der Waals surface area contributed by atoms with Crippen LogP contribution in [-0.2, 0) is 4.79 Å². The molecule has 18 heavy (non-hydrogen) atoms. The van der Waals surface area contributed by atoms with Crippen LogP contribution in [0.5, 0.6) is 0 Å². The van der Waals surface area contributed by atoms with E-state index in [9.17, 15) is 4.79 Å².